The van der Waals surface area contributed by atoms with Crippen molar-refractivity contribution in [2.24, 2.45) is 0 Å². The van der Waals surface area contributed by atoms with Crippen LogP contribution in [0.1, 0.15) is 11.1 Å². The third-order valence-electron chi connectivity index (χ3n) is 3.49. The van der Waals surface area contributed by atoms with Gasteiger partial charge in [0.05, 0.1) is 13.5 Å². The molecule has 0 aliphatic heterocycles. The van der Waals surface area contributed by atoms with Crippen LogP contribution in [0, 0.1) is 11.6 Å². The molecule has 2 aromatic rings. The van der Waals surface area contributed by atoms with Gasteiger partial charge in [0.1, 0.15) is 17.7 Å². The molecule has 1 N–H and O–H groups in total. The zero-order valence-electron chi connectivity index (χ0n) is 13.4. The lowest BCUT2D eigenvalue weighted by Crippen LogP contribution is -2.43. The Labute approximate surface area is 148 Å². The molecule has 4 nitrogen and oxygen atoms in total. The van der Waals surface area contributed by atoms with Gasteiger partial charge in [-0.05, 0) is 29.3 Å². The molecule has 0 heterocycles. The molecule has 132 valence electrons. The van der Waals surface area contributed by atoms with Gasteiger partial charge < -0.3 is 10.1 Å². The maximum Gasteiger partial charge on any atom is 0.328 e. The zero-order chi connectivity index (χ0) is 18.4. The predicted molar refractivity (Wildman–Crippen MR) is 89.2 cm³/mol. The molecule has 0 unspecified atom stereocenters. The number of rotatable bonds is 6. The Morgan fingerprint density at radius 2 is 1.80 bits per heavy atom. The molecule has 7 heteroatoms. The number of hydrogen-bond acceptors (Lipinski definition) is 3. The molecular formula is C18H16ClF2NO3. The molecule has 1 amide bonds. The van der Waals surface area contributed by atoms with Gasteiger partial charge in [0.2, 0.25) is 5.91 Å². The Morgan fingerprint density at radius 3 is 2.40 bits per heavy atom. The van der Waals surface area contributed by atoms with Gasteiger partial charge in [-0.25, -0.2) is 13.6 Å². The SMILES string of the molecule is COC(=O)[C@H](Cc1ccccc1Cl)NC(=O)Cc1cc(F)cc(F)c1. The van der Waals surface area contributed by atoms with Crippen molar-refractivity contribution in [3.05, 3.63) is 70.2 Å². The fraction of sp³-hybridized carbons (Fsp3) is 0.222. The van der Waals surface area contributed by atoms with E-state index in [1.54, 1.807) is 24.3 Å². The minimum Gasteiger partial charge on any atom is -0.467 e. The Balaban J connectivity index is 2.09. The molecule has 1 atom stereocenters. The number of ether oxygens (including phenoxy) is 1. The monoisotopic (exact) mass is 367 g/mol. The minimum absolute atomic E-state index is 0.135. The van der Waals surface area contributed by atoms with Crippen molar-refractivity contribution in [1.29, 1.82) is 0 Å². The Bertz CT molecular complexity index is 762. The fourth-order valence-electron chi connectivity index (χ4n) is 2.36. The first-order valence-corrected chi connectivity index (χ1v) is 7.82. The first-order chi connectivity index (χ1) is 11.9. The lowest BCUT2D eigenvalue weighted by atomic mass is 10.0. The molecule has 0 saturated heterocycles. The van der Waals surface area contributed by atoms with E-state index in [1.165, 1.54) is 7.11 Å². The van der Waals surface area contributed by atoms with Crippen LogP contribution in [0.25, 0.3) is 0 Å². The molecule has 0 fully saturated rings. The second kappa shape index (κ2) is 8.58. The van der Waals surface area contributed by atoms with Crippen LogP contribution in [0.4, 0.5) is 8.78 Å². The average molecular weight is 368 g/mol. The summed E-state index contributed by atoms with van der Waals surface area (Å²) in [5, 5.41) is 2.97. The number of nitrogens with one attached hydrogen (secondary N) is 1. The predicted octanol–water partition coefficient (Wildman–Crippen LogP) is 3.06. The number of carbonyl (C=O) groups excluding carboxylic acids is 2. The van der Waals surface area contributed by atoms with Crippen molar-refractivity contribution >= 4 is 23.5 Å². The van der Waals surface area contributed by atoms with Crippen molar-refractivity contribution < 1.29 is 23.1 Å². The third-order valence-corrected chi connectivity index (χ3v) is 3.86. The number of amides is 1. The highest BCUT2D eigenvalue weighted by Crippen LogP contribution is 2.17. The van der Waals surface area contributed by atoms with Crippen LogP contribution < -0.4 is 5.32 Å². The van der Waals surface area contributed by atoms with E-state index in [1.807, 2.05) is 0 Å². The summed E-state index contributed by atoms with van der Waals surface area (Å²) < 4.78 is 31.1. The van der Waals surface area contributed by atoms with E-state index < -0.39 is 29.6 Å². The number of benzene rings is 2. The van der Waals surface area contributed by atoms with Gasteiger partial charge in [0.25, 0.3) is 0 Å². The van der Waals surface area contributed by atoms with Crippen LogP contribution in [0.2, 0.25) is 5.02 Å². The van der Waals surface area contributed by atoms with Crippen molar-refractivity contribution in [1.82, 2.24) is 5.32 Å². The Kier molecular flexibility index (Phi) is 6.47. The van der Waals surface area contributed by atoms with E-state index >= 15 is 0 Å². The smallest absolute Gasteiger partial charge is 0.328 e. The van der Waals surface area contributed by atoms with E-state index in [0.29, 0.717) is 10.6 Å². The summed E-state index contributed by atoms with van der Waals surface area (Å²) in [5.74, 6) is -2.75. The van der Waals surface area contributed by atoms with Gasteiger partial charge in [-0.1, -0.05) is 29.8 Å². The molecule has 0 aliphatic rings. The van der Waals surface area contributed by atoms with E-state index in [-0.39, 0.29) is 18.4 Å². The quantitative estimate of drug-likeness (QED) is 0.798. The van der Waals surface area contributed by atoms with Gasteiger partial charge in [0.15, 0.2) is 0 Å². The molecule has 0 radical (unpaired) electrons. The van der Waals surface area contributed by atoms with Crippen molar-refractivity contribution in [2.45, 2.75) is 18.9 Å². The molecule has 0 saturated carbocycles. The summed E-state index contributed by atoms with van der Waals surface area (Å²) in [5.41, 5.74) is 0.827. The van der Waals surface area contributed by atoms with Crippen LogP contribution in [0.15, 0.2) is 42.5 Å². The van der Waals surface area contributed by atoms with Gasteiger partial charge in [0, 0.05) is 17.5 Å². The molecule has 0 aromatic heterocycles. The second-order valence-corrected chi connectivity index (χ2v) is 5.80. The van der Waals surface area contributed by atoms with Gasteiger partial charge in [-0.15, -0.1) is 0 Å². The number of esters is 1. The number of hydrogen-bond donors (Lipinski definition) is 1. The second-order valence-electron chi connectivity index (χ2n) is 5.39. The summed E-state index contributed by atoms with van der Waals surface area (Å²) in [6.45, 7) is 0. The van der Waals surface area contributed by atoms with Crippen LogP contribution in [0.3, 0.4) is 0 Å². The standard InChI is InChI=1S/C18H16ClF2NO3/c1-25-18(24)16(9-12-4-2-3-5-15(12)19)22-17(23)8-11-6-13(20)10-14(21)7-11/h2-7,10,16H,8-9H2,1H3,(H,22,23)/t16-/m0/s1. The van der Waals surface area contributed by atoms with E-state index in [4.69, 9.17) is 16.3 Å². The topological polar surface area (TPSA) is 55.4 Å². The largest absolute Gasteiger partial charge is 0.467 e. The highest BCUT2D eigenvalue weighted by Gasteiger charge is 2.23. The zero-order valence-corrected chi connectivity index (χ0v) is 14.1. The normalized spacial score (nSPS) is 11.7. The van der Waals surface area contributed by atoms with E-state index in [2.05, 4.69) is 5.32 Å². The maximum absolute atomic E-state index is 13.2. The number of carbonyl (C=O) groups is 2. The summed E-state index contributed by atoms with van der Waals surface area (Å²) in [7, 11) is 1.20. The molecule has 2 rings (SSSR count). The Hall–Kier alpha value is -2.47. The van der Waals surface area contributed by atoms with Crippen LogP contribution in [0.5, 0.6) is 0 Å². The highest BCUT2D eigenvalue weighted by atomic mass is 35.5. The summed E-state index contributed by atoms with van der Waals surface area (Å²) in [4.78, 5) is 24.1. The molecule has 25 heavy (non-hydrogen) atoms. The summed E-state index contributed by atoms with van der Waals surface area (Å²) >= 11 is 6.07. The van der Waals surface area contributed by atoms with Gasteiger partial charge in [-0.3, -0.25) is 4.79 Å². The molecule has 2 aromatic carbocycles. The fourth-order valence-corrected chi connectivity index (χ4v) is 2.58. The lowest BCUT2D eigenvalue weighted by molar-refractivity contribution is -0.145. The maximum atomic E-state index is 13.2. The summed E-state index contributed by atoms with van der Waals surface area (Å²) in [6.07, 6.45) is -0.139. The average Bonchev–Trinajstić information content (AvgIpc) is 2.54. The van der Waals surface area contributed by atoms with E-state index in [0.717, 1.165) is 18.2 Å². The lowest BCUT2D eigenvalue weighted by Gasteiger charge is -2.17. The number of methoxy groups -OCH3 is 1. The first kappa shape index (κ1) is 18.9. The Morgan fingerprint density at radius 1 is 1.16 bits per heavy atom. The number of halogens is 3. The highest BCUT2D eigenvalue weighted by molar-refractivity contribution is 6.31. The third kappa shape index (κ3) is 5.53. The van der Waals surface area contributed by atoms with Gasteiger partial charge >= 0.3 is 5.97 Å². The van der Waals surface area contributed by atoms with E-state index in [9.17, 15) is 18.4 Å². The van der Waals surface area contributed by atoms with Crippen LogP contribution >= 0.6 is 11.6 Å². The van der Waals surface area contributed by atoms with Crippen molar-refractivity contribution in [3.63, 3.8) is 0 Å². The summed E-state index contributed by atoms with van der Waals surface area (Å²) in [6, 6.07) is 8.78. The molecule has 0 bridgehead atoms. The van der Waals surface area contributed by atoms with Crippen LogP contribution in [-0.2, 0) is 27.2 Å². The minimum atomic E-state index is -0.962. The van der Waals surface area contributed by atoms with Gasteiger partial charge in [-0.2, -0.15) is 0 Å². The first-order valence-electron chi connectivity index (χ1n) is 7.44. The molecular weight excluding hydrogens is 352 g/mol. The van der Waals surface area contributed by atoms with Crippen molar-refractivity contribution in [3.8, 4) is 0 Å². The van der Waals surface area contributed by atoms with Crippen LogP contribution in [-0.4, -0.2) is 25.0 Å². The molecule has 0 aliphatic carbocycles. The van der Waals surface area contributed by atoms with Crippen molar-refractivity contribution in [2.75, 3.05) is 7.11 Å². The molecule has 0 spiro atoms.